The van der Waals surface area contributed by atoms with Gasteiger partial charge in [0.2, 0.25) is 0 Å². The van der Waals surface area contributed by atoms with Crippen LogP contribution in [0.4, 0.5) is 5.82 Å². The summed E-state index contributed by atoms with van der Waals surface area (Å²) in [6.07, 6.45) is 6.86. The topological polar surface area (TPSA) is 67.9 Å². The van der Waals surface area contributed by atoms with Gasteiger partial charge in [-0.25, -0.2) is 9.97 Å². The lowest BCUT2D eigenvalue weighted by atomic mass is 10.2. The molecule has 2 rings (SSSR count). The lowest BCUT2D eigenvalue weighted by molar-refractivity contribution is 0.863. The van der Waals surface area contributed by atoms with Crippen LogP contribution in [-0.4, -0.2) is 22.0 Å². The van der Waals surface area contributed by atoms with E-state index in [9.17, 15) is 0 Å². The Hall–Kier alpha value is -2.01. The predicted molar refractivity (Wildman–Crippen MR) is 66.3 cm³/mol. The van der Waals surface area contributed by atoms with Crippen molar-refractivity contribution in [1.29, 1.82) is 0 Å². The van der Waals surface area contributed by atoms with Crippen LogP contribution in [-0.2, 0) is 13.1 Å². The molecule has 2 N–H and O–H groups in total. The van der Waals surface area contributed by atoms with E-state index in [4.69, 9.17) is 5.73 Å². The standard InChI is InChI=1S/C12H15N5/c1-17(8-10-2-4-14-5-3-10)12-11(6-13)7-15-9-16-12/h2-5,7,9H,6,8,13H2,1H3. The number of aromatic nitrogens is 3. The molecule has 5 nitrogen and oxygen atoms in total. The second-order valence-corrected chi connectivity index (χ2v) is 3.79. The Morgan fingerprint density at radius 1 is 1.24 bits per heavy atom. The molecule has 0 spiro atoms. The van der Waals surface area contributed by atoms with Crippen molar-refractivity contribution in [3.63, 3.8) is 0 Å². The summed E-state index contributed by atoms with van der Waals surface area (Å²) >= 11 is 0. The zero-order valence-corrected chi connectivity index (χ0v) is 9.74. The number of rotatable bonds is 4. The van der Waals surface area contributed by atoms with Crippen molar-refractivity contribution < 1.29 is 0 Å². The van der Waals surface area contributed by atoms with E-state index >= 15 is 0 Å². The van der Waals surface area contributed by atoms with Gasteiger partial charge >= 0.3 is 0 Å². The quantitative estimate of drug-likeness (QED) is 0.846. The minimum atomic E-state index is 0.441. The number of hydrogen-bond donors (Lipinski definition) is 1. The number of hydrogen-bond acceptors (Lipinski definition) is 5. The van der Waals surface area contributed by atoms with Gasteiger partial charge in [-0.1, -0.05) is 0 Å². The first-order valence-electron chi connectivity index (χ1n) is 5.40. The highest BCUT2D eigenvalue weighted by Gasteiger charge is 2.08. The van der Waals surface area contributed by atoms with Crippen LogP contribution >= 0.6 is 0 Å². The average Bonchev–Trinajstić information content (AvgIpc) is 2.40. The van der Waals surface area contributed by atoms with Crippen LogP contribution in [0.2, 0.25) is 0 Å². The van der Waals surface area contributed by atoms with Crippen molar-refractivity contribution in [2.45, 2.75) is 13.1 Å². The van der Waals surface area contributed by atoms with Gasteiger partial charge in [-0.2, -0.15) is 0 Å². The normalized spacial score (nSPS) is 10.2. The first-order valence-corrected chi connectivity index (χ1v) is 5.40. The average molecular weight is 229 g/mol. The van der Waals surface area contributed by atoms with Gasteiger partial charge in [0.1, 0.15) is 12.1 Å². The Labute approximate surface area is 100 Å². The molecule has 0 aliphatic rings. The summed E-state index contributed by atoms with van der Waals surface area (Å²) in [7, 11) is 1.99. The maximum absolute atomic E-state index is 5.67. The Balaban J connectivity index is 2.17. The van der Waals surface area contributed by atoms with Gasteiger partial charge in [0, 0.05) is 44.3 Å². The fraction of sp³-hybridized carbons (Fsp3) is 0.250. The van der Waals surface area contributed by atoms with Crippen molar-refractivity contribution in [2.24, 2.45) is 5.73 Å². The molecule has 0 aromatic carbocycles. The van der Waals surface area contributed by atoms with Gasteiger partial charge in [0.05, 0.1) is 0 Å². The smallest absolute Gasteiger partial charge is 0.136 e. The highest BCUT2D eigenvalue weighted by Crippen LogP contribution is 2.16. The summed E-state index contributed by atoms with van der Waals surface area (Å²) in [5, 5.41) is 0. The van der Waals surface area contributed by atoms with Gasteiger partial charge < -0.3 is 10.6 Å². The van der Waals surface area contributed by atoms with Crippen LogP contribution in [0.15, 0.2) is 37.1 Å². The fourth-order valence-corrected chi connectivity index (χ4v) is 1.68. The molecule has 0 unspecified atom stereocenters. The first kappa shape index (κ1) is 11.5. The molecule has 17 heavy (non-hydrogen) atoms. The number of nitrogens with two attached hydrogens (primary N) is 1. The Morgan fingerprint density at radius 3 is 2.71 bits per heavy atom. The summed E-state index contributed by atoms with van der Waals surface area (Å²) in [5.41, 5.74) is 7.80. The lowest BCUT2D eigenvalue weighted by Crippen LogP contribution is -2.20. The predicted octanol–water partition coefficient (Wildman–Crippen LogP) is 0.967. The third-order valence-corrected chi connectivity index (χ3v) is 2.51. The third-order valence-electron chi connectivity index (χ3n) is 2.51. The second-order valence-electron chi connectivity index (χ2n) is 3.79. The SMILES string of the molecule is CN(Cc1ccncc1)c1ncncc1CN. The van der Waals surface area contributed by atoms with Gasteiger partial charge in [-0.3, -0.25) is 4.98 Å². The Morgan fingerprint density at radius 2 is 2.00 bits per heavy atom. The fourth-order valence-electron chi connectivity index (χ4n) is 1.68. The molecular formula is C12H15N5. The van der Waals surface area contributed by atoms with Crippen molar-refractivity contribution in [3.05, 3.63) is 48.2 Å². The summed E-state index contributed by atoms with van der Waals surface area (Å²) < 4.78 is 0. The summed E-state index contributed by atoms with van der Waals surface area (Å²) in [6, 6.07) is 3.97. The van der Waals surface area contributed by atoms with E-state index in [2.05, 4.69) is 19.9 Å². The third kappa shape index (κ3) is 2.76. The van der Waals surface area contributed by atoms with Crippen LogP contribution in [0.1, 0.15) is 11.1 Å². The molecule has 0 saturated heterocycles. The van der Waals surface area contributed by atoms with E-state index in [0.717, 1.165) is 17.9 Å². The van der Waals surface area contributed by atoms with Crippen LogP contribution in [0.3, 0.4) is 0 Å². The summed E-state index contributed by atoms with van der Waals surface area (Å²) in [4.78, 5) is 14.3. The van der Waals surface area contributed by atoms with E-state index in [-0.39, 0.29) is 0 Å². The molecule has 2 aromatic rings. The maximum Gasteiger partial charge on any atom is 0.136 e. The molecule has 0 saturated carbocycles. The minimum Gasteiger partial charge on any atom is -0.355 e. The van der Waals surface area contributed by atoms with Crippen molar-refractivity contribution >= 4 is 5.82 Å². The molecule has 0 radical (unpaired) electrons. The second kappa shape index (κ2) is 5.36. The van der Waals surface area contributed by atoms with E-state index in [1.165, 1.54) is 11.9 Å². The zero-order chi connectivity index (χ0) is 12.1. The van der Waals surface area contributed by atoms with Gasteiger partial charge in [0.25, 0.3) is 0 Å². The molecule has 0 amide bonds. The molecule has 5 heteroatoms. The molecule has 2 heterocycles. The lowest BCUT2D eigenvalue weighted by Gasteiger charge is -2.20. The number of anilines is 1. The van der Waals surface area contributed by atoms with Crippen LogP contribution in [0, 0.1) is 0 Å². The first-order chi connectivity index (χ1) is 8.31. The van der Waals surface area contributed by atoms with Crippen LogP contribution in [0.5, 0.6) is 0 Å². The highest BCUT2D eigenvalue weighted by atomic mass is 15.2. The molecule has 0 aliphatic heterocycles. The van der Waals surface area contributed by atoms with Crippen molar-refractivity contribution in [3.8, 4) is 0 Å². The van der Waals surface area contributed by atoms with Crippen LogP contribution in [0.25, 0.3) is 0 Å². The molecule has 0 atom stereocenters. The van der Waals surface area contributed by atoms with E-state index in [0.29, 0.717) is 6.54 Å². The molecular weight excluding hydrogens is 214 g/mol. The van der Waals surface area contributed by atoms with Crippen LogP contribution < -0.4 is 10.6 Å². The van der Waals surface area contributed by atoms with Crippen molar-refractivity contribution in [2.75, 3.05) is 11.9 Å². The Kier molecular flexibility index (Phi) is 3.62. The van der Waals surface area contributed by atoms with Gasteiger partial charge in [-0.05, 0) is 17.7 Å². The molecule has 88 valence electrons. The number of pyridine rings is 1. The molecule has 0 fully saturated rings. The minimum absolute atomic E-state index is 0.441. The van der Waals surface area contributed by atoms with Gasteiger partial charge in [0.15, 0.2) is 0 Å². The molecule has 0 aliphatic carbocycles. The zero-order valence-electron chi connectivity index (χ0n) is 9.74. The van der Waals surface area contributed by atoms with Gasteiger partial charge in [-0.15, -0.1) is 0 Å². The summed E-state index contributed by atoms with van der Waals surface area (Å²) in [5.74, 6) is 0.874. The number of nitrogens with zero attached hydrogens (tertiary/aromatic N) is 4. The monoisotopic (exact) mass is 229 g/mol. The van der Waals surface area contributed by atoms with E-state index in [1.54, 1.807) is 18.6 Å². The van der Waals surface area contributed by atoms with E-state index < -0.39 is 0 Å². The summed E-state index contributed by atoms with van der Waals surface area (Å²) in [6.45, 7) is 1.21. The van der Waals surface area contributed by atoms with Crippen molar-refractivity contribution in [1.82, 2.24) is 15.0 Å². The molecule has 2 aromatic heterocycles. The van der Waals surface area contributed by atoms with E-state index in [1.807, 2.05) is 19.2 Å². The maximum atomic E-state index is 5.67. The molecule has 0 bridgehead atoms. The highest BCUT2D eigenvalue weighted by molar-refractivity contribution is 5.45. The largest absolute Gasteiger partial charge is 0.355 e. The Bertz CT molecular complexity index is 471.